The Labute approximate surface area is 174 Å². The molecule has 152 valence electrons. The maximum absolute atomic E-state index is 11.9. The highest BCUT2D eigenvalue weighted by molar-refractivity contribution is 6.35. The molecule has 0 aliphatic carbocycles. The SMILES string of the molecule is O=C(NC[C@H]1CCCO1)C(=O)N/N=C\c1cc(Cl)ccc1OCc1ccccc1. The molecule has 8 heteroatoms. The normalized spacial score (nSPS) is 16.0. The molecule has 2 amide bonds. The molecule has 0 radical (unpaired) electrons. The van der Waals surface area contributed by atoms with E-state index in [-0.39, 0.29) is 6.10 Å². The van der Waals surface area contributed by atoms with E-state index in [1.165, 1.54) is 6.21 Å². The highest BCUT2D eigenvalue weighted by Crippen LogP contribution is 2.22. The zero-order chi connectivity index (χ0) is 20.5. The summed E-state index contributed by atoms with van der Waals surface area (Å²) in [5.74, 6) is -1.06. The van der Waals surface area contributed by atoms with Gasteiger partial charge in [-0.05, 0) is 36.6 Å². The van der Waals surface area contributed by atoms with Crippen molar-refractivity contribution >= 4 is 29.6 Å². The van der Waals surface area contributed by atoms with Crippen molar-refractivity contribution in [2.75, 3.05) is 13.2 Å². The van der Waals surface area contributed by atoms with E-state index in [9.17, 15) is 9.59 Å². The Bertz CT molecular complexity index is 867. The fraction of sp³-hybridized carbons (Fsp3) is 0.286. The van der Waals surface area contributed by atoms with E-state index >= 15 is 0 Å². The zero-order valence-corrected chi connectivity index (χ0v) is 16.5. The lowest BCUT2D eigenvalue weighted by Gasteiger charge is -2.10. The van der Waals surface area contributed by atoms with Crippen molar-refractivity contribution in [3.63, 3.8) is 0 Å². The van der Waals surface area contributed by atoms with Gasteiger partial charge in [-0.25, -0.2) is 5.43 Å². The van der Waals surface area contributed by atoms with E-state index in [2.05, 4.69) is 15.8 Å². The average molecular weight is 416 g/mol. The van der Waals surface area contributed by atoms with Crippen LogP contribution in [-0.2, 0) is 20.9 Å². The Morgan fingerprint density at radius 3 is 2.79 bits per heavy atom. The molecule has 2 N–H and O–H groups in total. The van der Waals surface area contributed by atoms with E-state index in [1.54, 1.807) is 18.2 Å². The first-order chi connectivity index (χ1) is 14.1. The van der Waals surface area contributed by atoms with Gasteiger partial charge < -0.3 is 14.8 Å². The fourth-order valence-corrected chi connectivity index (χ4v) is 2.97. The smallest absolute Gasteiger partial charge is 0.329 e. The molecule has 2 aromatic rings. The van der Waals surface area contributed by atoms with E-state index < -0.39 is 11.8 Å². The second-order valence-corrected chi connectivity index (χ2v) is 6.94. The molecule has 29 heavy (non-hydrogen) atoms. The summed E-state index contributed by atoms with van der Waals surface area (Å²) in [5.41, 5.74) is 3.80. The van der Waals surface area contributed by atoms with Gasteiger partial charge in [-0.15, -0.1) is 0 Å². The first kappa shape index (κ1) is 20.8. The Hall–Kier alpha value is -2.90. The molecular weight excluding hydrogens is 394 g/mol. The van der Waals surface area contributed by atoms with Gasteiger partial charge in [-0.3, -0.25) is 9.59 Å². The molecule has 1 fully saturated rings. The zero-order valence-electron chi connectivity index (χ0n) is 15.8. The minimum Gasteiger partial charge on any atom is -0.488 e. The van der Waals surface area contributed by atoms with Crippen LogP contribution >= 0.6 is 11.6 Å². The van der Waals surface area contributed by atoms with Crippen LogP contribution in [0.2, 0.25) is 5.02 Å². The largest absolute Gasteiger partial charge is 0.488 e. The summed E-state index contributed by atoms with van der Waals surface area (Å²) in [6.07, 6.45) is 3.19. The van der Waals surface area contributed by atoms with Crippen LogP contribution in [0.4, 0.5) is 0 Å². The molecule has 0 bridgehead atoms. The van der Waals surface area contributed by atoms with Crippen molar-refractivity contribution in [2.45, 2.75) is 25.6 Å². The summed E-state index contributed by atoms with van der Waals surface area (Å²) >= 11 is 6.05. The standard InChI is InChI=1S/C21H22ClN3O4/c22-17-8-9-19(29-14-15-5-2-1-3-6-15)16(11-17)12-24-25-21(27)20(26)23-13-18-7-4-10-28-18/h1-3,5-6,8-9,11-12,18H,4,7,10,13-14H2,(H,23,26)(H,25,27)/b24-12-/t18-/m1/s1. The molecule has 1 atom stereocenters. The summed E-state index contributed by atoms with van der Waals surface area (Å²) in [6.45, 7) is 1.37. The Balaban J connectivity index is 1.53. The van der Waals surface area contributed by atoms with Crippen LogP contribution in [0.25, 0.3) is 0 Å². The van der Waals surface area contributed by atoms with Gasteiger partial charge in [0.1, 0.15) is 12.4 Å². The number of carbonyl (C=O) groups is 2. The third-order valence-corrected chi connectivity index (χ3v) is 4.53. The minimum absolute atomic E-state index is 0.0361. The molecule has 0 spiro atoms. The van der Waals surface area contributed by atoms with Crippen molar-refractivity contribution in [1.82, 2.24) is 10.7 Å². The van der Waals surface area contributed by atoms with Crippen LogP contribution in [0.5, 0.6) is 5.75 Å². The summed E-state index contributed by atoms with van der Waals surface area (Å²) in [5, 5.41) is 6.88. The fourth-order valence-electron chi connectivity index (χ4n) is 2.79. The number of nitrogens with one attached hydrogen (secondary N) is 2. The predicted molar refractivity (Wildman–Crippen MR) is 110 cm³/mol. The van der Waals surface area contributed by atoms with Gasteiger partial charge >= 0.3 is 11.8 Å². The van der Waals surface area contributed by atoms with E-state index in [1.807, 2.05) is 30.3 Å². The number of benzene rings is 2. The number of rotatable bonds is 7. The third-order valence-electron chi connectivity index (χ3n) is 4.30. The van der Waals surface area contributed by atoms with Crippen molar-refractivity contribution in [3.05, 3.63) is 64.7 Å². The lowest BCUT2D eigenvalue weighted by molar-refractivity contribution is -0.139. The molecular formula is C21H22ClN3O4. The maximum Gasteiger partial charge on any atom is 0.329 e. The number of hydrazone groups is 1. The van der Waals surface area contributed by atoms with Crippen LogP contribution in [0.3, 0.4) is 0 Å². The molecule has 0 unspecified atom stereocenters. The minimum atomic E-state index is -0.854. The molecule has 1 aliphatic heterocycles. The highest BCUT2D eigenvalue weighted by atomic mass is 35.5. The van der Waals surface area contributed by atoms with E-state index in [0.29, 0.717) is 36.1 Å². The quantitative estimate of drug-likeness (QED) is 0.413. The summed E-state index contributed by atoms with van der Waals surface area (Å²) in [7, 11) is 0. The number of ether oxygens (including phenoxy) is 2. The van der Waals surface area contributed by atoms with Gasteiger partial charge in [0.2, 0.25) is 0 Å². The highest BCUT2D eigenvalue weighted by Gasteiger charge is 2.19. The number of hydrogen-bond acceptors (Lipinski definition) is 5. The number of amides is 2. The number of hydrogen-bond donors (Lipinski definition) is 2. The number of nitrogens with zero attached hydrogens (tertiary/aromatic N) is 1. The topological polar surface area (TPSA) is 89.0 Å². The summed E-state index contributed by atoms with van der Waals surface area (Å²) < 4.78 is 11.2. The van der Waals surface area contributed by atoms with Crippen LogP contribution in [0.1, 0.15) is 24.0 Å². The van der Waals surface area contributed by atoms with Gasteiger partial charge in [0.15, 0.2) is 0 Å². The van der Waals surface area contributed by atoms with Crippen LogP contribution in [-0.4, -0.2) is 37.3 Å². The van der Waals surface area contributed by atoms with Gasteiger partial charge in [0.05, 0.1) is 12.3 Å². The van der Waals surface area contributed by atoms with Gasteiger partial charge in [0, 0.05) is 23.7 Å². The van der Waals surface area contributed by atoms with Crippen molar-refractivity contribution in [1.29, 1.82) is 0 Å². The molecule has 0 saturated carbocycles. The van der Waals surface area contributed by atoms with Crippen LogP contribution < -0.4 is 15.5 Å². The molecule has 3 rings (SSSR count). The second-order valence-electron chi connectivity index (χ2n) is 6.50. The van der Waals surface area contributed by atoms with Crippen molar-refractivity contribution < 1.29 is 19.1 Å². The first-order valence-electron chi connectivity index (χ1n) is 9.31. The molecule has 1 heterocycles. The van der Waals surface area contributed by atoms with Gasteiger partial charge in [0.25, 0.3) is 0 Å². The average Bonchev–Trinajstić information content (AvgIpc) is 3.26. The van der Waals surface area contributed by atoms with Crippen LogP contribution in [0.15, 0.2) is 53.6 Å². The first-order valence-corrected chi connectivity index (χ1v) is 9.69. The molecule has 1 saturated heterocycles. The molecule has 7 nitrogen and oxygen atoms in total. The molecule has 1 aliphatic rings. The Kier molecular flexibility index (Phi) is 7.61. The predicted octanol–water partition coefficient (Wildman–Crippen LogP) is 2.66. The lowest BCUT2D eigenvalue weighted by atomic mass is 10.2. The van der Waals surface area contributed by atoms with E-state index in [4.69, 9.17) is 21.1 Å². The Morgan fingerprint density at radius 1 is 1.21 bits per heavy atom. The molecule has 2 aromatic carbocycles. The number of halogens is 1. The van der Waals surface area contributed by atoms with E-state index in [0.717, 1.165) is 18.4 Å². The van der Waals surface area contributed by atoms with Crippen LogP contribution in [0, 0.1) is 0 Å². The third kappa shape index (κ3) is 6.58. The second kappa shape index (κ2) is 10.6. The monoisotopic (exact) mass is 415 g/mol. The number of carbonyl (C=O) groups excluding carboxylic acids is 2. The summed E-state index contributed by atoms with van der Waals surface area (Å²) in [6, 6.07) is 14.8. The summed E-state index contributed by atoms with van der Waals surface area (Å²) in [4.78, 5) is 23.7. The molecule has 0 aromatic heterocycles. The van der Waals surface area contributed by atoms with Gasteiger partial charge in [-0.1, -0.05) is 41.9 Å². The maximum atomic E-state index is 11.9. The Morgan fingerprint density at radius 2 is 2.03 bits per heavy atom. The lowest BCUT2D eigenvalue weighted by Crippen LogP contribution is -2.41. The van der Waals surface area contributed by atoms with Gasteiger partial charge in [-0.2, -0.15) is 5.10 Å². The van der Waals surface area contributed by atoms with Crippen molar-refractivity contribution in [2.24, 2.45) is 5.10 Å². The van der Waals surface area contributed by atoms with Crippen molar-refractivity contribution in [3.8, 4) is 5.75 Å².